The first-order chi connectivity index (χ1) is 20.3. The Morgan fingerprint density at radius 3 is 2.74 bits per heavy atom. The second-order valence-corrected chi connectivity index (χ2v) is 18.0. The van der Waals surface area contributed by atoms with E-state index in [2.05, 4.69) is 54.5 Å². The van der Waals surface area contributed by atoms with E-state index >= 15 is 0 Å². The third kappa shape index (κ3) is 6.87. The summed E-state index contributed by atoms with van der Waals surface area (Å²) in [4.78, 5) is 48.9. The van der Waals surface area contributed by atoms with Crippen LogP contribution >= 0.6 is 11.8 Å². The van der Waals surface area contributed by atoms with Gasteiger partial charge in [0.25, 0.3) is 5.56 Å². The third-order valence-electron chi connectivity index (χ3n) is 8.05. The number of anilines is 2. The predicted octanol–water partition coefficient (Wildman–Crippen LogP) is 3.85. The standard InChI is InChI=1S/C29H38N6O6SSi/c1-29(2,3)43(5,6)41-20(16-35-26(37)14-31-21-8-10-25(39-4)33-27(21)35)13-30-12-19-15-34(28(38)40-19)18-7-9-23-22(11-18)32-24(36)17-42-23/h7-11,14,19-20,30H,12-13,15-17H2,1-6H3,(H,32,36). The molecule has 2 unspecified atom stereocenters. The molecular weight excluding hydrogens is 589 g/mol. The quantitative estimate of drug-likeness (QED) is 0.319. The van der Waals surface area contributed by atoms with Crippen LogP contribution in [0.25, 0.3) is 11.2 Å². The molecule has 0 bridgehead atoms. The zero-order valence-corrected chi connectivity index (χ0v) is 27.1. The summed E-state index contributed by atoms with van der Waals surface area (Å²) in [6.07, 6.45) is 0.0963. The normalized spacial score (nSPS) is 17.9. The van der Waals surface area contributed by atoms with Gasteiger partial charge in [-0.15, -0.1) is 11.8 Å². The van der Waals surface area contributed by atoms with Gasteiger partial charge in [0.15, 0.2) is 14.0 Å². The molecule has 12 nitrogen and oxygen atoms in total. The maximum absolute atomic E-state index is 13.0. The summed E-state index contributed by atoms with van der Waals surface area (Å²) in [6, 6.07) is 9.06. The molecule has 2 aliphatic heterocycles. The van der Waals surface area contributed by atoms with Gasteiger partial charge in [0, 0.05) is 29.7 Å². The van der Waals surface area contributed by atoms with Gasteiger partial charge < -0.3 is 24.5 Å². The fourth-order valence-electron chi connectivity index (χ4n) is 4.74. The number of fused-ring (bicyclic) bond motifs is 2. The van der Waals surface area contributed by atoms with Crippen LogP contribution in [0.1, 0.15) is 20.8 Å². The molecule has 3 aromatic rings. The number of hydrogen-bond acceptors (Lipinski definition) is 10. The number of cyclic esters (lactones) is 1. The minimum absolute atomic E-state index is 0.0493. The molecule has 4 heterocycles. The van der Waals surface area contributed by atoms with Crippen molar-refractivity contribution in [2.75, 3.05) is 42.7 Å². The van der Waals surface area contributed by atoms with Crippen molar-refractivity contribution in [1.29, 1.82) is 0 Å². The highest BCUT2D eigenvalue weighted by molar-refractivity contribution is 8.00. The number of aromatic nitrogens is 3. The molecule has 2 amide bonds. The maximum Gasteiger partial charge on any atom is 0.414 e. The van der Waals surface area contributed by atoms with Gasteiger partial charge in [-0.3, -0.25) is 19.1 Å². The number of hydrogen-bond donors (Lipinski definition) is 2. The van der Waals surface area contributed by atoms with E-state index in [1.165, 1.54) is 25.1 Å². The number of amides is 2. The molecule has 0 aliphatic carbocycles. The Morgan fingerprint density at radius 2 is 2.00 bits per heavy atom. The van der Waals surface area contributed by atoms with Gasteiger partial charge >= 0.3 is 6.09 Å². The highest BCUT2D eigenvalue weighted by Crippen LogP contribution is 2.38. The molecular formula is C29H38N6O6SSi. The number of thioether (sulfide) groups is 1. The van der Waals surface area contributed by atoms with Crippen molar-refractivity contribution in [2.45, 2.75) is 62.6 Å². The van der Waals surface area contributed by atoms with Crippen LogP contribution in [0.3, 0.4) is 0 Å². The average molecular weight is 627 g/mol. The van der Waals surface area contributed by atoms with Crippen LogP contribution in [0.2, 0.25) is 18.1 Å². The molecule has 2 aromatic heterocycles. The van der Waals surface area contributed by atoms with Crippen molar-refractivity contribution in [1.82, 2.24) is 19.9 Å². The number of rotatable bonds is 10. The van der Waals surface area contributed by atoms with Crippen molar-refractivity contribution in [3.8, 4) is 5.88 Å². The first-order valence-corrected chi connectivity index (χ1v) is 18.1. The Kier molecular flexibility index (Phi) is 8.84. The number of carbonyl (C=O) groups excluding carboxylic acids is 2. The molecule has 2 atom stereocenters. The summed E-state index contributed by atoms with van der Waals surface area (Å²) in [5.41, 5.74) is 2.09. The highest BCUT2D eigenvalue weighted by Gasteiger charge is 2.39. The third-order valence-corrected chi connectivity index (χ3v) is 13.7. The Bertz CT molecular complexity index is 1590. The van der Waals surface area contributed by atoms with Crippen molar-refractivity contribution in [3.63, 3.8) is 0 Å². The van der Waals surface area contributed by atoms with Crippen LogP contribution in [0.5, 0.6) is 5.88 Å². The molecule has 1 saturated heterocycles. The zero-order chi connectivity index (χ0) is 30.9. The summed E-state index contributed by atoms with van der Waals surface area (Å²) in [5, 5.41) is 6.23. The minimum Gasteiger partial charge on any atom is -0.481 e. The SMILES string of the molecule is COc1ccc2ncc(=O)n(CC(CNCC3CN(c4ccc5c(c4)NC(=O)CS5)C(=O)O3)O[Si](C)(C)C(C)(C)C)c2n1. The van der Waals surface area contributed by atoms with E-state index in [-0.39, 0.29) is 29.2 Å². The van der Waals surface area contributed by atoms with Crippen LogP contribution in [0, 0.1) is 0 Å². The van der Waals surface area contributed by atoms with Crippen molar-refractivity contribution < 1.29 is 23.5 Å². The summed E-state index contributed by atoms with van der Waals surface area (Å²) >= 11 is 1.47. The average Bonchev–Trinajstić information content (AvgIpc) is 3.33. The van der Waals surface area contributed by atoms with Gasteiger partial charge in [-0.05, 0) is 42.4 Å². The summed E-state index contributed by atoms with van der Waals surface area (Å²) in [5.74, 6) is 0.705. The lowest BCUT2D eigenvalue weighted by atomic mass is 10.2. The Balaban J connectivity index is 1.29. The van der Waals surface area contributed by atoms with Crippen LogP contribution in [-0.2, 0) is 20.5 Å². The lowest BCUT2D eigenvalue weighted by Crippen LogP contribution is -2.49. The van der Waals surface area contributed by atoms with Crippen molar-refractivity contribution in [2.24, 2.45) is 0 Å². The van der Waals surface area contributed by atoms with Gasteiger partial charge in [-0.25, -0.2) is 9.78 Å². The Labute approximate surface area is 255 Å². The number of pyridine rings is 1. The summed E-state index contributed by atoms with van der Waals surface area (Å²) in [7, 11) is -0.703. The van der Waals surface area contributed by atoms with Gasteiger partial charge in [-0.1, -0.05) is 20.8 Å². The number of benzene rings is 1. The molecule has 0 saturated carbocycles. The first kappa shape index (κ1) is 31.0. The molecule has 0 radical (unpaired) electrons. The maximum atomic E-state index is 13.0. The van der Waals surface area contributed by atoms with Crippen molar-refractivity contribution >= 4 is 54.6 Å². The lowest BCUT2D eigenvalue weighted by Gasteiger charge is -2.39. The van der Waals surface area contributed by atoms with Crippen LogP contribution < -0.4 is 25.8 Å². The number of carbonyl (C=O) groups is 2. The fourth-order valence-corrected chi connectivity index (χ4v) is 6.87. The van der Waals surface area contributed by atoms with Crippen molar-refractivity contribution in [3.05, 3.63) is 46.9 Å². The second kappa shape index (κ2) is 12.3. The van der Waals surface area contributed by atoms with Gasteiger partial charge in [-0.2, -0.15) is 4.98 Å². The minimum atomic E-state index is -2.23. The molecule has 2 aliphatic rings. The predicted molar refractivity (Wildman–Crippen MR) is 169 cm³/mol. The zero-order valence-electron chi connectivity index (χ0n) is 25.3. The smallest absolute Gasteiger partial charge is 0.414 e. The molecule has 14 heteroatoms. The molecule has 5 rings (SSSR count). The molecule has 230 valence electrons. The summed E-state index contributed by atoms with van der Waals surface area (Å²) < 4.78 is 19.3. The number of nitrogens with zero attached hydrogens (tertiary/aromatic N) is 4. The highest BCUT2D eigenvalue weighted by atomic mass is 32.2. The largest absolute Gasteiger partial charge is 0.481 e. The van der Waals surface area contributed by atoms with E-state index in [9.17, 15) is 14.4 Å². The summed E-state index contributed by atoms with van der Waals surface area (Å²) in [6.45, 7) is 12.3. The second-order valence-electron chi connectivity index (χ2n) is 12.2. The fraction of sp³-hybridized carbons (Fsp3) is 0.483. The van der Waals surface area contributed by atoms with E-state index in [0.29, 0.717) is 53.8 Å². The van der Waals surface area contributed by atoms with E-state index < -0.39 is 20.5 Å². The lowest BCUT2D eigenvalue weighted by molar-refractivity contribution is -0.113. The van der Waals surface area contributed by atoms with E-state index in [1.807, 2.05) is 12.1 Å². The van der Waals surface area contributed by atoms with Gasteiger partial charge in [0.1, 0.15) is 11.6 Å². The van der Waals surface area contributed by atoms with E-state index in [0.717, 1.165) is 4.90 Å². The number of nitrogens with one attached hydrogen (secondary N) is 2. The number of ether oxygens (including phenoxy) is 2. The molecule has 43 heavy (non-hydrogen) atoms. The van der Waals surface area contributed by atoms with Gasteiger partial charge in [0.2, 0.25) is 11.8 Å². The molecule has 0 spiro atoms. The monoisotopic (exact) mass is 626 g/mol. The first-order valence-electron chi connectivity index (χ1n) is 14.2. The van der Waals surface area contributed by atoms with Crippen LogP contribution in [0.15, 0.2) is 46.2 Å². The Morgan fingerprint density at radius 1 is 1.21 bits per heavy atom. The molecule has 1 fully saturated rings. The van der Waals surface area contributed by atoms with Gasteiger partial charge in [0.05, 0.1) is 43.9 Å². The van der Waals surface area contributed by atoms with E-state index in [1.54, 1.807) is 27.7 Å². The Hall–Kier alpha value is -3.46. The molecule has 2 N–H and O–H groups in total. The molecule has 1 aromatic carbocycles. The van der Waals surface area contributed by atoms with Crippen LogP contribution in [0.4, 0.5) is 16.2 Å². The van der Waals surface area contributed by atoms with Crippen LogP contribution in [-0.4, -0.2) is 79.6 Å². The van der Waals surface area contributed by atoms with E-state index in [4.69, 9.17) is 13.9 Å². The number of methoxy groups -OCH3 is 1. The topological polar surface area (TPSA) is 137 Å².